The van der Waals surface area contributed by atoms with E-state index in [1.807, 2.05) is 54.6 Å². The summed E-state index contributed by atoms with van der Waals surface area (Å²) in [7, 11) is 0. The van der Waals surface area contributed by atoms with Gasteiger partial charge in [0.1, 0.15) is 12.4 Å². The number of nitrogens with zero attached hydrogens (tertiary/aromatic N) is 3. The lowest BCUT2D eigenvalue weighted by atomic mass is 10.3. The number of rotatable bonds is 5. The number of ether oxygens (including phenoxy) is 1. The second kappa shape index (κ2) is 8.83. The summed E-state index contributed by atoms with van der Waals surface area (Å²) in [5, 5.41) is 10.9. The summed E-state index contributed by atoms with van der Waals surface area (Å²) in [6.07, 6.45) is 1.42. The Balaban J connectivity index is 1.46. The first kappa shape index (κ1) is 17.7. The van der Waals surface area contributed by atoms with Crippen molar-refractivity contribution in [3.63, 3.8) is 0 Å². The maximum absolute atomic E-state index is 12.0. The highest BCUT2D eigenvalue weighted by molar-refractivity contribution is 9.10. The van der Waals surface area contributed by atoms with Gasteiger partial charge in [-0.1, -0.05) is 52.0 Å². The van der Waals surface area contributed by atoms with Crippen LogP contribution in [0.3, 0.4) is 0 Å². The van der Waals surface area contributed by atoms with E-state index in [9.17, 15) is 4.79 Å². The Morgan fingerprint density at radius 3 is 2.81 bits per heavy atom. The fourth-order valence-corrected chi connectivity index (χ4v) is 2.44. The number of nitrogens with one attached hydrogen (secondary N) is 1. The maximum Gasteiger partial charge on any atom is 0.274 e. The summed E-state index contributed by atoms with van der Waals surface area (Å²) < 4.78 is 6.43. The highest BCUT2D eigenvalue weighted by Gasteiger charge is 2.10. The van der Waals surface area contributed by atoms with Crippen molar-refractivity contribution < 1.29 is 9.53 Å². The highest BCUT2D eigenvalue weighted by atomic mass is 79.9. The molecule has 7 heteroatoms. The lowest BCUT2D eigenvalue weighted by molar-refractivity contribution is 0.0953. The molecule has 6 nitrogen and oxygen atoms in total. The molecular weight excluding hydrogens is 396 g/mol. The quantitative estimate of drug-likeness (QED) is 0.656. The van der Waals surface area contributed by atoms with Crippen LogP contribution in [0, 0.1) is 11.8 Å². The molecule has 0 aliphatic heterocycles. The number of hydrogen-bond acceptors (Lipinski definition) is 4. The van der Waals surface area contributed by atoms with Crippen molar-refractivity contribution >= 4 is 21.8 Å². The average Bonchev–Trinajstić information content (AvgIpc) is 3.15. The molecule has 0 saturated heterocycles. The van der Waals surface area contributed by atoms with Crippen LogP contribution < -0.4 is 10.1 Å². The van der Waals surface area contributed by atoms with E-state index in [4.69, 9.17) is 4.74 Å². The van der Waals surface area contributed by atoms with Crippen LogP contribution in [-0.2, 0) is 0 Å². The Labute approximate surface area is 159 Å². The monoisotopic (exact) mass is 410 g/mol. The van der Waals surface area contributed by atoms with Gasteiger partial charge in [0.05, 0.1) is 18.4 Å². The van der Waals surface area contributed by atoms with Crippen LogP contribution in [0.4, 0.5) is 0 Å². The topological polar surface area (TPSA) is 69.0 Å². The van der Waals surface area contributed by atoms with Gasteiger partial charge in [-0.15, -0.1) is 5.10 Å². The van der Waals surface area contributed by atoms with Crippen molar-refractivity contribution in [2.45, 2.75) is 0 Å². The SMILES string of the molecule is O=C(NCC#CCOc1cccc(Br)c1)c1cnn(-c2ccccc2)n1. The van der Waals surface area contributed by atoms with Gasteiger partial charge in [0.2, 0.25) is 0 Å². The Bertz CT molecular complexity index is 945. The predicted octanol–water partition coefficient (Wildman–Crippen LogP) is 2.84. The first-order valence-corrected chi connectivity index (χ1v) is 8.62. The number of aromatic nitrogens is 3. The minimum Gasteiger partial charge on any atom is -0.481 e. The minimum absolute atomic E-state index is 0.207. The predicted molar refractivity (Wildman–Crippen MR) is 101 cm³/mol. The van der Waals surface area contributed by atoms with Gasteiger partial charge in [-0.05, 0) is 30.3 Å². The molecule has 2 aromatic carbocycles. The standard InChI is InChI=1S/C19H15BrN4O2/c20-15-7-6-10-17(13-15)26-12-5-4-11-21-19(25)18-14-22-24(23-18)16-8-2-1-3-9-16/h1-3,6-10,13-14H,11-12H2,(H,21,25). The van der Waals surface area contributed by atoms with Gasteiger partial charge in [-0.3, -0.25) is 4.79 Å². The first-order valence-electron chi connectivity index (χ1n) is 7.82. The number of hydrogen-bond donors (Lipinski definition) is 1. The van der Waals surface area contributed by atoms with Crippen LogP contribution in [0.1, 0.15) is 10.5 Å². The number of para-hydroxylation sites is 1. The highest BCUT2D eigenvalue weighted by Crippen LogP contribution is 2.17. The Kier molecular flexibility index (Phi) is 6.01. The molecule has 3 rings (SSSR count). The maximum atomic E-state index is 12.0. The van der Waals surface area contributed by atoms with Gasteiger partial charge in [0.15, 0.2) is 5.69 Å². The zero-order valence-electron chi connectivity index (χ0n) is 13.7. The molecule has 3 aromatic rings. The van der Waals surface area contributed by atoms with Gasteiger partial charge in [-0.25, -0.2) is 0 Å². The van der Waals surface area contributed by atoms with E-state index in [2.05, 4.69) is 43.3 Å². The van der Waals surface area contributed by atoms with Crippen molar-refractivity contribution in [2.24, 2.45) is 0 Å². The third kappa shape index (κ3) is 4.94. The number of carbonyl (C=O) groups is 1. The fourth-order valence-electron chi connectivity index (χ4n) is 2.06. The van der Waals surface area contributed by atoms with Gasteiger partial charge in [0, 0.05) is 4.47 Å². The number of halogens is 1. The molecule has 1 amide bonds. The number of benzene rings is 2. The molecule has 0 spiro atoms. The zero-order chi connectivity index (χ0) is 18.2. The van der Waals surface area contributed by atoms with Crippen molar-refractivity contribution in [1.82, 2.24) is 20.3 Å². The molecule has 0 fully saturated rings. The summed E-state index contributed by atoms with van der Waals surface area (Å²) in [5.74, 6) is 6.09. The Morgan fingerprint density at radius 1 is 1.15 bits per heavy atom. The smallest absolute Gasteiger partial charge is 0.274 e. The lowest BCUT2D eigenvalue weighted by Crippen LogP contribution is -2.24. The van der Waals surface area contributed by atoms with Crippen molar-refractivity contribution in [2.75, 3.05) is 13.2 Å². The van der Waals surface area contributed by atoms with Crippen molar-refractivity contribution in [3.8, 4) is 23.3 Å². The number of amides is 1. The van der Waals surface area contributed by atoms with E-state index in [1.165, 1.54) is 11.0 Å². The Hall–Kier alpha value is -3.11. The van der Waals surface area contributed by atoms with Gasteiger partial charge in [0.25, 0.3) is 5.91 Å². The molecule has 0 aliphatic rings. The molecule has 26 heavy (non-hydrogen) atoms. The molecule has 0 atom stereocenters. The van der Waals surface area contributed by atoms with Crippen LogP contribution in [0.15, 0.2) is 65.3 Å². The average molecular weight is 411 g/mol. The van der Waals surface area contributed by atoms with Crippen LogP contribution in [0.5, 0.6) is 5.75 Å². The van der Waals surface area contributed by atoms with Crippen molar-refractivity contribution in [1.29, 1.82) is 0 Å². The second-order valence-electron chi connectivity index (χ2n) is 5.14. The lowest BCUT2D eigenvalue weighted by Gasteiger charge is -2.01. The second-order valence-corrected chi connectivity index (χ2v) is 6.05. The zero-order valence-corrected chi connectivity index (χ0v) is 15.3. The largest absolute Gasteiger partial charge is 0.481 e. The third-order valence-electron chi connectivity index (χ3n) is 3.28. The molecule has 1 N–H and O–H groups in total. The van der Waals surface area contributed by atoms with Gasteiger partial charge in [-0.2, -0.15) is 9.90 Å². The van der Waals surface area contributed by atoms with E-state index in [1.54, 1.807) is 0 Å². The summed E-state index contributed by atoms with van der Waals surface area (Å²) in [6.45, 7) is 0.454. The summed E-state index contributed by atoms with van der Waals surface area (Å²) in [6, 6.07) is 16.9. The van der Waals surface area contributed by atoms with Crippen LogP contribution >= 0.6 is 15.9 Å². The molecule has 0 unspecified atom stereocenters. The number of carbonyl (C=O) groups excluding carboxylic acids is 1. The van der Waals surface area contributed by atoms with Crippen molar-refractivity contribution in [3.05, 3.63) is 71.0 Å². The van der Waals surface area contributed by atoms with E-state index < -0.39 is 0 Å². The third-order valence-corrected chi connectivity index (χ3v) is 3.77. The minimum atomic E-state index is -0.325. The summed E-state index contributed by atoms with van der Waals surface area (Å²) in [5.41, 5.74) is 1.03. The summed E-state index contributed by atoms with van der Waals surface area (Å²) >= 11 is 3.37. The van der Waals surface area contributed by atoms with Crippen LogP contribution in [0.25, 0.3) is 5.69 Å². The molecule has 1 heterocycles. The van der Waals surface area contributed by atoms with Crippen LogP contribution in [0.2, 0.25) is 0 Å². The summed E-state index contributed by atoms with van der Waals surface area (Å²) in [4.78, 5) is 13.5. The molecule has 0 saturated carbocycles. The Morgan fingerprint density at radius 2 is 2.00 bits per heavy atom. The first-order chi connectivity index (χ1) is 12.7. The van der Waals surface area contributed by atoms with Gasteiger partial charge < -0.3 is 10.1 Å². The molecule has 0 aliphatic carbocycles. The fraction of sp³-hybridized carbons (Fsp3) is 0.105. The van der Waals surface area contributed by atoms with E-state index in [0.29, 0.717) is 0 Å². The molecular formula is C19H15BrN4O2. The molecule has 0 radical (unpaired) electrons. The van der Waals surface area contributed by atoms with E-state index in [-0.39, 0.29) is 24.8 Å². The normalized spacial score (nSPS) is 9.88. The van der Waals surface area contributed by atoms with Crippen LogP contribution in [-0.4, -0.2) is 34.1 Å². The van der Waals surface area contributed by atoms with E-state index in [0.717, 1.165) is 15.9 Å². The molecule has 1 aromatic heterocycles. The molecule has 0 bridgehead atoms. The van der Waals surface area contributed by atoms with E-state index >= 15 is 0 Å². The molecule has 130 valence electrons. The van der Waals surface area contributed by atoms with Gasteiger partial charge >= 0.3 is 0 Å².